The molecule has 47 heavy (non-hydrogen) atoms. The first-order valence-electron chi connectivity index (χ1n) is 15.5. The van der Waals surface area contributed by atoms with E-state index in [0.717, 1.165) is 42.7 Å². The molecular weight excluding hydrogens is 602 g/mol. The average molecular weight is 646 g/mol. The van der Waals surface area contributed by atoms with Gasteiger partial charge in [-0.1, -0.05) is 32.3 Å². The van der Waals surface area contributed by atoms with E-state index in [9.17, 15) is 14.4 Å². The molecule has 5 N–H and O–H groups in total. The molecule has 0 aliphatic rings. The minimum Gasteiger partial charge on any atom is -0.466 e. The third-order valence-electron chi connectivity index (χ3n) is 7.30. The van der Waals surface area contributed by atoms with Crippen LogP contribution in [0.25, 0.3) is 11.0 Å². The van der Waals surface area contributed by atoms with Gasteiger partial charge in [-0.25, -0.2) is 14.8 Å². The largest absolute Gasteiger partial charge is 0.466 e. The molecule has 0 spiro atoms. The predicted octanol–water partition coefficient (Wildman–Crippen LogP) is 4.78. The molecule has 0 aliphatic carbocycles. The number of rotatable bonds is 15. The summed E-state index contributed by atoms with van der Waals surface area (Å²) in [6, 6.07) is 17.9. The second-order valence-electron chi connectivity index (χ2n) is 10.6. The van der Waals surface area contributed by atoms with Gasteiger partial charge in [-0.2, -0.15) is 4.99 Å². The van der Waals surface area contributed by atoms with E-state index in [-0.39, 0.29) is 42.8 Å². The van der Waals surface area contributed by atoms with Crippen molar-refractivity contribution in [3.8, 4) is 0 Å². The molecule has 0 saturated heterocycles. The van der Waals surface area contributed by atoms with Gasteiger partial charge in [0.05, 0.1) is 37.2 Å². The standard InChI is InChI=1S/C34H41N7O5.H2O/c1-4-6-7-10-21-46-34(44)39-32(35)24-12-15-26(16-13-24)37-23-30-38-27-22-25(14-17-28(27)40(30)3)33(43)41(20-18-31(42)45-5-2)29-11-8-9-19-36-29;/h8-9,11-17,19,22,37H,4-7,10,18,20-21,23H2,1-3H3,(H2,35,39,44);1H2. The number of amides is 2. The molecule has 2 amide bonds. The number of carbonyl (C=O) groups is 3. The number of fused-ring (bicyclic) bond motifs is 1. The highest BCUT2D eigenvalue weighted by Gasteiger charge is 2.21. The lowest BCUT2D eigenvalue weighted by molar-refractivity contribution is -0.142. The molecule has 0 saturated carbocycles. The number of nitrogens with zero attached hydrogens (tertiary/aromatic N) is 5. The first-order valence-corrected chi connectivity index (χ1v) is 15.5. The van der Waals surface area contributed by atoms with Gasteiger partial charge in [0.2, 0.25) is 0 Å². The van der Waals surface area contributed by atoms with Gasteiger partial charge in [0, 0.05) is 36.6 Å². The van der Waals surface area contributed by atoms with Crippen LogP contribution in [-0.2, 0) is 27.9 Å². The molecule has 250 valence electrons. The van der Waals surface area contributed by atoms with Gasteiger partial charge >= 0.3 is 12.1 Å². The summed E-state index contributed by atoms with van der Waals surface area (Å²) in [5.41, 5.74) is 9.40. The molecule has 2 heterocycles. The first-order chi connectivity index (χ1) is 22.3. The molecule has 2 aromatic heterocycles. The fourth-order valence-corrected chi connectivity index (χ4v) is 4.79. The topological polar surface area (TPSA) is 186 Å². The van der Waals surface area contributed by atoms with Crippen LogP contribution >= 0.6 is 0 Å². The lowest BCUT2D eigenvalue weighted by Crippen LogP contribution is -2.34. The average Bonchev–Trinajstić information content (AvgIpc) is 3.38. The second-order valence-corrected chi connectivity index (χ2v) is 10.6. The van der Waals surface area contributed by atoms with E-state index in [0.29, 0.717) is 35.6 Å². The molecule has 0 atom stereocenters. The number of esters is 1. The lowest BCUT2D eigenvalue weighted by atomic mass is 10.1. The Morgan fingerprint density at radius 1 is 0.979 bits per heavy atom. The summed E-state index contributed by atoms with van der Waals surface area (Å²) >= 11 is 0. The lowest BCUT2D eigenvalue weighted by Gasteiger charge is -2.21. The van der Waals surface area contributed by atoms with Crippen molar-refractivity contribution in [2.75, 3.05) is 30.0 Å². The molecule has 0 aliphatic heterocycles. The Labute approximate surface area is 274 Å². The quantitative estimate of drug-likeness (QED) is 0.0794. The molecule has 0 bridgehead atoms. The number of benzene rings is 2. The Balaban J connectivity index is 0.00000600. The first kappa shape index (κ1) is 36.2. The number of aryl methyl sites for hydroxylation is 1. The van der Waals surface area contributed by atoms with E-state index in [1.54, 1.807) is 55.6 Å². The van der Waals surface area contributed by atoms with Crippen molar-refractivity contribution >= 4 is 46.3 Å². The minimum absolute atomic E-state index is 0. The van der Waals surface area contributed by atoms with Crippen LogP contribution in [0.1, 0.15) is 67.7 Å². The van der Waals surface area contributed by atoms with Gasteiger partial charge in [0.15, 0.2) is 0 Å². The fourth-order valence-electron chi connectivity index (χ4n) is 4.79. The molecule has 0 fully saturated rings. The van der Waals surface area contributed by atoms with E-state index >= 15 is 0 Å². The molecule has 2 aromatic carbocycles. The van der Waals surface area contributed by atoms with Crippen LogP contribution in [0, 0.1) is 0 Å². The third-order valence-corrected chi connectivity index (χ3v) is 7.30. The van der Waals surface area contributed by atoms with Crippen molar-refractivity contribution in [1.82, 2.24) is 14.5 Å². The van der Waals surface area contributed by atoms with Crippen molar-refractivity contribution in [2.45, 2.75) is 52.5 Å². The number of imidazole rings is 1. The summed E-state index contributed by atoms with van der Waals surface area (Å²) in [6.07, 6.45) is 4.99. The molecule has 0 radical (unpaired) electrons. The van der Waals surface area contributed by atoms with E-state index < -0.39 is 6.09 Å². The van der Waals surface area contributed by atoms with Gasteiger partial charge in [-0.05, 0) is 67.9 Å². The number of nitrogens with one attached hydrogen (secondary N) is 1. The maximum atomic E-state index is 13.6. The number of pyridine rings is 1. The smallest absolute Gasteiger partial charge is 0.435 e. The van der Waals surface area contributed by atoms with Crippen LogP contribution < -0.4 is 16.0 Å². The van der Waals surface area contributed by atoms with Gasteiger partial charge in [0.1, 0.15) is 17.5 Å². The number of hydrogen-bond donors (Lipinski definition) is 2. The number of aliphatic imine (C=N–C) groups is 1. The Kier molecular flexibility index (Phi) is 13.9. The Morgan fingerprint density at radius 3 is 2.45 bits per heavy atom. The Hall–Kier alpha value is -5.30. The number of carbonyl (C=O) groups excluding carboxylic acids is 3. The van der Waals surface area contributed by atoms with Crippen LogP contribution in [0.5, 0.6) is 0 Å². The third kappa shape index (κ3) is 10.1. The normalized spacial score (nSPS) is 11.1. The van der Waals surface area contributed by atoms with Gasteiger partial charge in [0.25, 0.3) is 5.91 Å². The maximum absolute atomic E-state index is 13.6. The zero-order valence-corrected chi connectivity index (χ0v) is 27.1. The van der Waals surface area contributed by atoms with Gasteiger partial charge in [-0.15, -0.1) is 0 Å². The number of amidine groups is 1. The number of nitrogens with two attached hydrogens (primary N) is 1. The van der Waals surface area contributed by atoms with Crippen LogP contribution in [-0.4, -0.2) is 63.6 Å². The van der Waals surface area contributed by atoms with E-state index in [4.69, 9.17) is 20.2 Å². The highest BCUT2D eigenvalue weighted by molar-refractivity contribution is 6.07. The number of ether oxygens (including phenoxy) is 2. The molecular formula is C34H43N7O6. The minimum atomic E-state index is -0.691. The van der Waals surface area contributed by atoms with Crippen molar-refractivity contribution < 1.29 is 29.3 Å². The summed E-state index contributed by atoms with van der Waals surface area (Å²) in [7, 11) is 1.91. The van der Waals surface area contributed by atoms with Crippen molar-refractivity contribution in [1.29, 1.82) is 0 Å². The number of anilines is 2. The zero-order valence-electron chi connectivity index (χ0n) is 27.1. The monoisotopic (exact) mass is 645 g/mol. The van der Waals surface area contributed by atoms with Crippen LogP contribution in [0.2, 0.25) is 0 Å². The molecule has 13 heteroatoms. The number of aromatic nitrogens is 3. The summed E-state index contributed by atoms with van der Waals surface area (Å²) in [4.78, 5) is 52.0. The Bertz CT molecular complexity index is 1660. The van der Waals surface area contributed by atoms with Crippen LogP contribution in [0.15, 0.2) is 71.9 Å². The second kappa shape index (κ2) is 18.0. The molecule has 4 aromatic rings. The molecule has 4 rings (SSSR count). The predicted molar refractivity (Wildman–Crippen MR) is 181 cm³/mol. The van der Waals surface area contributed by atoms with Crippen LogP contribution in [0.3, 0.4) is 0 Å². The highest BCUT2D eigenvalue weighted by Crippen LogP contribution is 2.21. The summed E-state index contributed by atoms with van der Waals surface area (Å²) in [5.74, 6) is 0.620. The highest BCUT2D eigenvalue weighted by atomic mass is 16.5. The van der Waals surface area contributed by atoms with E-state index in [1.807, 2.05) is 29.8 Å². The Morgan fingerprint density at radius 2 is 1.74 bits per heavy atom. The maximum Gasteiger partial charge on any atom is 0.435 e. The van der Waals surface area contributed by atoms with E-state index in [1.165, 1.54) is 4.90 Å². The zero-order chi connectivity index (χ0) is 32.9. The fraction of sp³-hybridized carbons (Fsp3) is 0.353. The van der Waals surface area contributed by atoms with E-state index in [2.05, 4.69) is 22.2 Å². The van der Waals surface area contributed by atoms with Crippen molar-refractivity contribution in [3.63, 3.8) is 0 Å². The van der Waals surface area contributed by atoms with Crippen molar-refractivity contribution in [3.05, 3.63) is 83.8 Å². The number of unbranched alkanes of at least 4 members (excludes halogenated alkanes) is 3. The summed E-state index contributed by atoms with van der Waals surface area (Å²) in [6.45, 7) is 5.02. The molecule has 13 nitrogen and oxygen atoms in total. The SMILES string of the molecule is CCCCCCOC(=O)/N=C(/N)c1ccc(NCc2nc3cc(C(=O)N(CCC(=O)OCC)c4ccccn4)ccc3n2C)cc1.O. The number of hydrogen-bond acceptors (Lipinski definition) is 8. The van der Waals surface area contributed by atoms with Crippen molar-refractivity contribution in [2.24, 2.45) is 17.8 Å². The van der Waals surface area contributed by atoms with Crippen LogP contribution in [0.4, 0.5) is 16.3 Å². The van der Waals surface area contributed by atoms with Gasteiger partial charge < -0.3 is 30.6 Å². The molecule has 0 unspecified atom stereocenters. The van der Waals surface area contributed by atoms with Gasteiger partial charge in [-0.3, -0.25) is 14.5 Å². The summed E-state index contributed by atoms with van der Waals surface area (Å²) in [5, 5.41) is 3.35. The summed E-state index contributed by atoms with van der Waals surface area (Å²) < 4.78 is 12.1.